The molecule has 1 aliphatic rings. The van der Waals surface area contributed by atoms with Crippen LogP contribution < -0.4 is 14.8 Å². The summed E-state index contributed by atoms with van der Waals surface area (Å²) in [7, 11) is 0. The molecule has 0 aliphatic carbocycles. The lowest BCUT2D eigenvalue weighted by atomic mass is 9.96. The van der Waals surface area contributed by atoms with Crippen LogP contribution in [-0.2, 0) is 4.79 Å². The van der Waals surface area contributed by atoms with E-state index in [2.05, 4.69) is 10.3 Å². The standard InChI is InChI=1S/C15H18N2O3S/c1-15(2,3)13(18)17-14-16-9-7-10-11(8-12(9)21-14)20-6-4-5-19-10/h7-8H,4-6H2,1-3H3,(H,16,17,18). The number of nitrogens with zero attached hydrogens (tertiary/aromatic N) is 1. The largest absolute Gasteiger partial charge is 0.490 e. The van der Waals surface area contributed by atoms with Crippen molar-refractivity contribution < 1.29 is 14.3 Å². The molecule has 3 rings (SSSR count). The summed E-state index contributed by atoms with van der Waals surface area (Å²) in [4.78, 5) is 16.5. The minimum Gasteiger partial charge on any atom is -0.490 e. The van der Waals surface area contributed by atoms with Crippen molar-refractivity contribution in [2.75, 3.05) is 18.5 Å². The van der Waals surface area contributed by atoms with Gasteiger partial charge in [0.05, 0.1) is 23.4 Å². The van der Waals surface area contributed by atoms with Gasteiger partial charge in [-0.15, -0.1) is 0 Å². The van der Waals surface area contributed by atoms with Crippen molar-refractivity contribution in [3.63, 3.8) is 0 Å². The van der Waals surface area contributed by atoms with E-state index in [1.165, 1.54) is 11.3 Å². The molecule has 0 saturated carbocycles. The molecule has 2 heterocycles. The van der Waals surface area contributed by atoms with Crippen molar-refractivity contribution in [3.8, 4) is 11.5 Å². The van der Waals surface area contributed by atoms with Gasteiger partial charge in [-0.3, -0.25) is 4.79 Å². The topological polar surface area (TPSA) is 60.5 Å². The summed E-state index contributed by atoms with van der Waals surface area (Å²) in [5.74, 6) is 1.42. The molecular weight excluding hydrogens is 288 g/mol. The maximum atomic E-state index is 12.0. The summed E-state index contributed by atoms with van der Waals surface area (Å²) in [6, 6.07) is 3.81. The van der Waals surface area contributed by atoms with Crippen LogP contribution in [0, 0.1) is 5.41 Å². The van der Waals surface area contributed by atoms with Gasteiger partial charge in [-0.05, 0) is 0 Å². The number of carbonyl (C=O) groups excluding carboxylic acids is 1. The van der Waals surface area contributed by atoms with Crippen LogP contribution in [0.3, 0.4) is 0 Å². The molecule has 6 heteroatoms. The van der Waals surface area contributed by atoms with E-state index in [4.69, 9.17) is 9.47 Å². The van der Waals surface area contributed by atoms with Crippen LogP contribution in [0.2, 0.25) is 0 Å². The van der Waals surface area contributed by atoms with Crippen LogP contribution in [0.5, 0.6) is 11.5 Å². The molecule has 1 N–H and O–H groups in total. The second-order valence-corrected chi connectivity index (χ2v) is 7.07. The van der Waals surface area contributed by atoms with Gasteiger partial charge in [0.15, 0.2) is 16.6 Å². The highest BCUT2D eigenvalue weighted by Gasteiger charge is 2.23. The number of hydrogen-bond acceptors (Lipinski definition) is 5. The molecule has 1 aromatic heterocycles. The third-order valence-electron chi connectivity index (χ3n) is 3.16. The van der Waals surface area contributed by atoms with Gasteiger partial charge in [-0.1, -0.05) is 32.1 Å². The Morgan fingerprint density at radius 1 is 1.24 bits per heavy atom. The van der Waals surface area contributed by atoms with E-state index < -0.39 is 5.41 Å². The smallest absolute Gasteiger partial charge is 0.231 e. The highest BCUT2D eigenvalue weighted by Crippen LogP contribution is 2.37. The van der Waals surface area contributed by atoms with Gasteiger partial charge in [0, 0.05) is 24.0 Å². The van der Waals surface area contributed by atoms with Gasteiger partial charge in [-0.25, -0.2) is 4.98 Å². The highest BCUT2D eigenvalue weighted by atomic mass is 32.1. The number of carbonyl (C=O) groups is 1. The van der Waals surface area contributed by atoms with Crippen molar-refractivity contribution in [2.24, 2.45) is 5.41 Å². The van der Waals surface area contributed by atoms with E-state index in [0.717, 1.165) is 28.1 Å². The Bertz CT molecular complexity index is 645. The average molecular weight is 306 g/mol. The summed E-state index contributed by atoms with van der Waals surface area (Å²) in [5, 5.41) is 3.46. The molecule has 1 aromatic carbocycles. The first-order valence-electron chi connectivity index (χ1n) is 6.95. The number of fused-ring (bicyclic) bond motifs is 2. The van der Waals surface area contributed by atoms with Crippen LogP contribution in [0.15, 0.2) is 12.1 Å². The van der Waals surface area contributed by atoms with Crippen molar-refractivity contribution in [1.82, 2.24) is 4.98 Å². The molecule has 0 atom stereocenters. The molecule has 0 unspecified atom stereocenters. The Morgan fingerprint density at radius 2 is 1.90 bits per heavy atom. The summed E-state index contributed by atoms with van der Waals surface area (Å²) in [6.45, 7) is 6.93. The zero-order chi connectivity index (χ0) is 15.0. The fraction of sp³-hybridized carbons (Fsp3) is 0.467. The van der Waals surface area contributed by atoms with Gasteiger partial charge in [-0.2, -0.15) is 0 Å². The second kappa shape index (κ2) is 5.18. The summed E-state index contributed by atoms with van der Waals surface area (Å²) < 4.78 is 12.3. The minimum absolute atomic E-state index is 0.0457. The van der Waals surface area contributed by atoms with Crippen molar-refractivity contribution in [3.05, 3.63) is 12.1 Å². The number of aromatic nitrogens is 1. The van der Waals surface area contributed by atoms with Gasteiger partial charge in [0.1, 0.15) is 0 Å². The molecule has 0 spiro atoms. The number of hydrogen-bond donors (Lipinski definition) is 1. The van der Waals surface area contributed by atoms with Crippen molar-refractivity contribution in [1.29, 1.82) is 0 Å². The number of thiazole rings is 1. The van der Waals surface area contributed by atoms with Crippen LogP contribution in [0.1, 0.15) is 27.2 Å². The maximum Gasteiger partial charge on any atom is 0.231 e. The Kier molecular flexibility index (Phi) is 3.49. The Labute approximate surface area is 127 Å². The van der Waals surface area contributed by atoms with Crippen molar-refractivity contribution in [2.45, 2.75) is 27.2 Å². The monoisotopic (exact) mass is 306 g/mol. The number of rotatable bonds is 1. The van der Waals surface area contributed by atoms with Gasteiger partial charge in [0.2, 0.25) is 5.91 Å². The average Bonchev–Trinajstić information content (AvgIpc) is 2.63. The molecule has 1 aliphatic heterocycles. The number of nitrogens with one attached hydrogen (secondary N) is 1. The Balaban J connectivity index is 1.92. The zero-order valence-corrected chi connectivity index (χ0v) is 13.2. The lowest BCUT2D eigenvalue weighted by molar-refractivity contribution is -0.123. The van der Waals surface area contributed by atoms with Crippen LogP contribution >= 0.6 is 11.3 Å². The second-order valence-electron chi connectivity index (χ2n) is 6.04. The first kappa shape index (κ1) is 14.1. The number of ether oxygens (including phenoxy) is 2. The lowest BCUT2D eigenvalue weighted by Crippen LogP contribution is -2.27. The molecule has 2 aromatic rings. The van der Waals surface area contributed by atoms with E-state index >= 15 is 0 Å². The third-order valence-corrected chi connectivity index (χ3v) is 4.09. The Hall–Kier alpha value is -1.82. The number of amides is 1. The zero-order valence-electron chi connectivity index (χ0n) is 12.4. The van der Waals surface area contributed by atoms with Crippen LogP contribution in [-0.4, -0.2) is 24.1 Å². The molecule has 0 fully saturated rings. The minimum atomic E-state index is -0.443. The molecule has 5 nitrogen and oxygen atoms in total. The highest BCUT2D eigenvalue weighted by molar-refractivity contribution is 7.22. The van der Waals surface area contributed by atoms with Gasteiger partial charge < -0.3 is 14.8 Å². The SMILES string of the molecule is CC(C)(C)C(=O)Nc1nc2cc3c(cc2s1)OCCCO3. The third kappa shape index (κ3) is 2.95. The van der Waals surface area contributed by atoms with E-state index in [1.54, 1.807) is 0 Å². The number of anilines is 1. The fourth-order valence-electron chi connectivity index (χ4n) is 1.92. The van der Waals surface area contributed by atoms with Gasteiger partial charge in [0.25, 0.3) is 0 Å². The molecule has 0 saturated heterocycles. The predicted octanol–water partition coefficient (Wildman–Crippen LogP) is 3.44. The van der Waals surface area contributed by atoms with Crippen LogP contribution in [0.25, 0.3) is 10.2 Å². The first-order chi connectivity index (χ1) is 9.93. The normalized spacial score (nSPS) is 14.8. The summed E-state index contributed by atoms with van der Waals surface area (Å²) in [5.41, 5.74) is 0.370. The first-order valence-corrected chi connectivity index (χ1v) is 7.77. The lowest BCUT2D eigenvalue weighted by Gasteiger charge is -2.15. The van der Waals surface area contributed by atoms with Crippen molar-refractivity contribution >= 4 is 32.6 Å². The quantitative estimate of drug-likeness (QED) is 0.876. The van der Waals surface area contributed by atoms with Crippen LogP contribution in [0.4, 0.5) is 5.13 Å². The van der Waals surface area contributed by atoms with Gasteiger partial charge >= 0.3 is 0 Å². The Morgan fingerprint density at radius 3 is 2.57 bits per heavy atom. The molecule has 1 amide bonds. The molecule has 0 bridgehead atoms. The summed E-state index contributed by atoms with van der Waals surface area (Å²) in [6.07, 6.45) is 0.878. The fourth-order valence-corrected chi connectivity index (χ4v) is 2.79. The van der Waals surface area contributed by atoms with E-state index in [1.807, 2.05) is 32.9 Å². The molecule has 21 heavy (non-hydrogen) atoms. The molecular formula is C15H18N2O3S. The molecule has 0 radical (unpaired) electrons. The predicted molar refractivity (Wildman–Crippen MR) is 83.3 cm³/mol. The van der Waals surface area contributed by atoms with E-state index in [9.17, 15) is 4.79 Å². The number of benzene rings is 1. The van der Waals surface area contributed by atoms with E-state index in [0.29, 0.717) is 18.3 Å². The summed E-state index contributed by atoms with van der Waals surface area (Å²) >= 11 is 1.44. The van der Waals surface area contributed by atoms with E-state index in [-0.39, 0.29) is 5.91 Å². The maximum absolute atomic E-state index is 12.0. The molecule has 112 valence electrons.